The lowest BCUT2D eigenvalue weighted by molar-refractivity contribution is 0.0162. The first-order chi connectivity index (χ1) is 14.0. The minimum absolute atomic E-state index is 0.0919. The van der Waals surface area contributed by atoms with Crippen molar-refractivity contribution in [1.82, 2.24) is 15.2 Å². The normalized spacial score (nSPS) is 15.6. The van der Waals surface area contributed by atoms with E-state index in [0.717, 1.165) is 18.7 Å². The lowest BCUT2D eigenvalue weighted by atomic mass is 10.0. The van der Waals surface area contributed by atoms with E-state index in [0.29, 0.717) is 36.8 Å². The molecule has 29 heavy (non-hydrogen) atoms. The highest BCUT2D eigenvalue weighted by Gasteiger charge is 2.25. The van der Waals surface area contributed by atoms with Crippen LogP contribution in [-0.2, 0) is 4.74 Å². The van der Waals surface area contributed by atoms with Gasteiger partial charge in [0.15, 0.2) is 11.5 Å². The fourth-order valence-corrected chi connectivity index (χ4v) is 3.54. The van der Waals surface area contributed by atoms with Crippen LogP contribution in [-0.4, -0.2) is 62.9 Å². The number of ether oxygens (including phenoxy) is 3. The van der Waals surface area contributed by atoms with Crippen LogP contribution in [0.1, 0.15) is 27.5 Å². The summed E-state index contributed by atoms with van der Waals surface area (Å²) in [6.07, 6.45) is 1.54. The number of hydrogen-bond acceptors (Lipinski definition) is 6. The van der Waals surface area contributed by atoms with E-state index in [4.69, 9.17) is 14.2 Å². The Morgan fingerprint density at radius 2 is 1.93 bits per heavy atom. The van der Waals surface area contributed by atoms with Crippen LogP contribution < -0.4 is 20.3 Å². The fraction of sp³-hybridized carbons (Fsp3) is 0.429. The molecule has 1 aliphatic rings. The summed E-state index contributed by atoms with van der Waals surface area (Å²) >= 11 is 0. The molecule has 1 aliphatic heterocycles. The number of methoxy groups -OCH3 is 2. The Labute approximate surface area is 169 Å². The molecule has 1 atom stereocenters. The summed E-state index contributed by atoms with van der Waals surface area (Å²) in [5.74, 6) is 0.889. The molecular formula is C21H27N3O5. The number of benzene rings is 1. The predicted octanol–water partition coefficient (Wildman–Crippen LogP) is 1.50. The molecule has 3 rings (SSSR count). The number of aryl methyl sites for hydroxylation is 1. The van der Waals surface area contributed by atoms with Crippen LogP contribution in [0.2, 0.25) is 0 Å². The molecule has 0 spiro atoms. The van der Waals surface area contributed by atoms with Crippen molar-refractivity contribution in [3.63, 3.8) is 0 Å². The minimum Gasteiger partial charge on any atom is -0.493 e. The molecule has 0 unspecified atom stereocenters. The van der Waals surface area contributed by atoms with Crippen LogP contribution in [0.25, 0.3) is 0 Å². The van der Waals surface area contributed by atoms with Crippen LogP contribution in [0.3, 0.4) is 0 Å². The van der Waals surface area contributed by atoms with E-state index in [2.05, 4.69) is 15.2 Å². The smallest absolute Gasteiger partial charge is 0.261 e. The maximum atomic E-state index is 12.7. The van der Waals surface area contributed by atoms with Crippen molar-refractivity contribution in [2.24, 2.45) is 0 Å². The van der Waals surface area contributed by atoms with Crippen LogP contribution in [0, 0.1) is 6.92 Å². The van der Waals surface area contributed by atoms with Crippen molar-refractivity contribution < 1.29 is 19.0 Å². The molecule has 1 fully saturated rings. The quantitative estimate of drug-likeness (QED) is 0.731. The van der Waals surface area contributed by atoms with Crippen LogP contribution in [0.4, 0.5) is 0 Å². The van der Waals surface area contributed by atoms with Crippen molar-refractivity contribution in [3.05, 3.63) is 57.5 Å². The first-order valence-corrected chi connectivity index (χ1v) is 9.55. The topological polar surface area (TPSA) is 92.9 Å². The Bertz CT molecular complexity index is 905. The van der Waals surface area contributed by atoms with Gasteiger partial charge in [-0.25, -0.2) is 0 Å². The van der Waals surface area contributed by atoms with Crippen molar-refractivity contribution in [3.8, 4) is 11.5 Å². The summed E-state index contributed by atoms with van der Waals surface area (Å²) < 4.78 is 16.2. The molecule has 8 heteroatoms. The maximum Gasteiger partial charge on any atom is 0.261 e. The van der Waals surface area contributed by atoms with Gasteiger partial charge >= 0.3 is 0 Å². The van der Waals surface area contributed by atoms with Crippen molar-refractivity contribution in [2.45, 2.75) is 13.0 Å². The maximum absolute atomic E-state index is 12.7. The van der Waals surface area contributed by atoms with Crippen LogP contribution >= 0.6 is 0 Å². The highest BCUT2D eigenvalue weighted by atomic mass is 16.5. The summed E-state index contributed by atoms with van der Waals surface area (Å²) in [7, 11) is 3.19. The molecular weight excluding hydrogens is 374 g/mol. The molecule has 0 saturated carbocycles. The van der Waals surface area contributed by atoms with Gasteiger partial charge in [0.2, 0.25) is 0 Å². The van der Waals surface area contributed by atoms with Gasteiger partial charge in [-0.2, -0.15) is 0 Å². The van der Waals surface area contributed by atoms with Gasteiger partial charge in [-0.15, -0.1) is 0 Å². The van der Waals surface area contributed by atoms with Crippen molar-refractivity contribution >= 4 is 5.91 Å². The molecule has 8 nitrogen and oxygen atoms in total. The number of amides is 1. The van der Waals surface area contributed by atoms with Crippen LogP contribution in [0.15, 0.2) is 35.3 Å². The zero-order chi connectivity index (χ0) is 20.8. The van der Waals surface area contributed by atoms with Gasteiger partial charge in [-0.1, -0.05) is 6.07 Å². The number of morpholine rings is 1. The zero-order valence-electron chi connectivity index (χ0n) is 17.0. The van der Waals surface area contributed by atoms with Gasteiger partial charge in [-0.3, -0.25) is 14.5 Å². The average molecular weight is 401 g/mol. The molecule has 156 valence electrons. The number of nitrogens with one attached hydrogen (secondary N) is 2. The first kappa shape index (κ1) is 20.9. The van der Waals surface area contributed by atoms with Gasteiger partial charge in [0.1, 0.15) is 5.56 Å². The molecule has 2 aromatic rings. The van der Waals surface area contributed by atoms with E-state index in [1.54, 1.807) is 27.2 Å². The third kappa shape index (κ3) is 4.78. The molecule has 1 aromatic heterocycles. The van der Waals surface area contributed by atoms with E-state index in [1.165, 1.54) is 6.20 Å². The second-order valence-corrected chi connectivity index (χ2v) is 6.85. The third-order valence-electron chi connectivity index (χ3n) is 5.13. The Balaban J connectivity index is 1.84. The van der Waals surface area contributed by atoms with Gasteiger partial charge in [0, 0.05) is 25.8 Å². The van der Waals surface area contributed by atoms with Crippen molar-refractivity contribution in [2.75, 3.05) is 47.1 Å². The van der Waals surface area contributed by atoms with Gasteiger partial charge in [0.25, 0.3) is 11.5 Å². The summed E-state index contributed by atoms with van der Waals surface area (Å²) in [4.78, 5) is 29.6. The Morgan fingerprint density at radius 3 is 2.59 bits per heavy atom. The summed E-state index contributed by atoms with van der Waals surface area (Å²) in [6, 6.07) is 7.37. The number of carbonyl (C=O) groups excluding carboxylic acids is 1. The summed E-state index contributed by atoms with van der Waals surface area (Å²) in [6.45, 7) is 4.87. The minimum atomic E-state index is -0.392. The Kier molecular flexibility index (Phi) is 6.90. The standard InChI is InChI=1S/C21H27N3O5/c1-14-6-7-22-20(25)19(14)21(26)23-13-16(24-8-10-29-11-9-24)15-4-5-17(27-2)18(12-15)28-3/h4-7,12,16H,8-11,13H2,1-3H3,(H,22,25)(H,23,26)/t16-/m1/s1. The van der Waals surface area contributed by atoms with Crippen LogP contribution in [0.5, 0.6) is 11.5 Å². The molecule has 0 radical (unpaired) electrons. The lowest BCUT2D eigenvalue weighted by Gasteiger charge is -2.35. The van der Waals surface area contributed by atoms with E-state index in [9.17, 15) is 9.59 Å². The van der Waals surface area contributed by atoms with E-state index in [-0.39, 0.29) is 17.5 Å². The highest BCUT2D eigenvalue weighted by molar-refractivity contribution is 5.95. The Morgan fingerprint density at radius 1 is 1.21 bits per heavy atom. The molecule has 0 aliphatic carbocycles. The SMILES string of the molecule is COc1ccc([C@@H](CNC(=O)c2c(C)cc[nH]c2=O)N2CCOCC2)cc1OC. The van der Waals surface area contributed by atoms with Crippen molar-refractivity contribution in [1.29, 1.82) is 0 Å². The highest BCUT2D eigenvalue weighted by Crippen LogP contribution is 2.32. The fourth-order valence-electron chi connectivity index (χ4n) is 3.54. The van der Waals surface area contributed by atoms with Gasteiger partial charge in [-0.05, 0) is 36.2 Å². The number of pyridine rings is 1. The van der Waals surface area contributed by atoms with E-state index >= 15 is 0 Å². The molecule has 2 N–H and O–H groups in total. The Hall–Kier alpha value is -2.84. The molecule has 0 bridgehead atoms. The van der Waals surface area contributed by atoms with E-state index < -0.39 is 5.56 Å². The number of nitrogens with zero attached hydrogens (tertiary/aromatic N) is 1. The monoisotopic (exact) mass is 401 g/mol. The molecule has 1 saturated heterocycles. The number of aromatic nitrogens is 1. The number of rotatable bonds is 7. The zero-order valence-corrected chi connectivity index (χ0v) is 17.0. The lowest BCUT2D eigenvalue weighted by Crippen LogP contribution is -2.44. The van der Waals surface area contributed by atoms with Gasteiger partial charge in [0.05, 0.1) is 33.5 Å². The van der Waals surface area contributed by atoms with Gasteiger partial charge < -0.3 is 24.5 Å². The molecule has 1 amide bonds. The molecule has 2 heterocycles. The summed E-state index contributed by atoms with van der Waals surface area (Å²) in [5, 5.41) is 2.93. The average Bonchev–Trinajstić information content (AvgIpc) is 2.74. The number of aromatic amines is 1. The number of carbonyl (C=O) groups is 1. The van der Waals surface area contributed by atoms with E-state index in [1.807, 2.05) is 18.2 Å². The largest absolute Gasteiger partial charge is 0.493 e. The second kappa shape index (κ2) is 9.58. The number of H-pyrrole nitrogens is 1. The number of hydrogen-bond donors (Lipinski definition) is 2. The third-order valence-corrected chi connectivity index (χ3v) is 5.13. The second-order valence-electron chi connectivity index (χ2n) is 6.85. The predicted molar refractivity (Wildman–Crippen MR) is 109 cm³/mol. The first-order valence-electron chi connectivity index (χ1n) is 9.55. The molecule has 1 aromatic carbocycles. The summed E-state index contributed by atoms with van der Waals surface area (Å²) in [5.41, 5.74) is 1.38.